The van der Waals surface area contributed by atoms with Gasteiger partial charge < -0.3 is 5.32 Å². The molecule has 2 rings (SSSR count). The van der Waals surface area contributed by atoms with Crippen LogP contribution in [-0.2, 0) is 14.8 Å². The summed E-state index contributed by atoms with van der Waals surface area (Å²) in [6, 6.07) is 7.37. The molecule has 0 saturated heterocycles. The first kappa shape index (κ1) is 21.6. The number of Topliss-reactive ketones (excluding diaryl/α,β-unsaturated/α-hetero) is 1. The van der Waals surface area contributed by atoms with Crippen molar-refractivity contribution >= 4 is 21.7 Å². The van der Waals surface area contributed by atoms with Crippen molar-refractivity contribution in [1.29, 1.82) is 0 Å². The molecule has 0 saturated carbocycles. The Kier molecular flexibility index (Phi) is 6.63. The fraction of sp³-hybridized carbons (Fsp3) is 0.263. The van der Waals surface area contributed by atoms with Gasteiger partial charge in [-0.15, -0.1) is 0 Å². The molecular weight excluding hydrogens is 390 g/mol. The molecule has 6 nitrogen and oxygen atoms in total. The zero-order chi connectivity index (χ0) is 21.1. The molecular formula is C19H20F2N2O4S. The molecule has 1 N–H and O–H groups in total. The molecule has 0 aliphatic heterocycles. The minimum absolute atomic E-state index is 0.0429. The predicted octanol–water partition coefficient (Wildman–Crippen LogP) is 2.67. The lowest BCUT2D eigenvalue weighted by Crippen LogP contribution is -2.39. The van der Waals surface area contributed by atoms with Crippen LogP contribution in [0.1, 0.15) is 35.8 Å². The molecule has 0 aliphatic carbocycles. The van der Waals surface area contributed by atoms with Crippen molar-refractivity contribution in [1.82, 2.24) is 9.62 Å². The van der Waals surface area contributed by atoms with E-state index in [0.717, 1.165) is 22.5 Å². The highest BCUT2D eigenvalue weighted by Gasteiger charge is 2.24. The lowest BCUT2D eigenvalue weighted by molar-refractivity contribution is -0.121. The maximum absolute atomic E-state index is 13.8. The summed E-state index contributed by atoms with van der Waals surface area (Å²) in [4.78, 5) is 23.4. The number of benzene rings is 2. The number of hydrogen-bond donors (Lipinski definition) is 1. The van der Waals surface area contributed by atoms with Crippen LogP contribution >= 0.6 is 0 Å². The fourth-order valence-corrected chi connectivity index (χ4v) is 3.67. The second-order valence-corrected chi connectivity index (χ2v) is 8.34. The summed E-state index contributed by atoms with van der Waals surface area (Å²) in [7, 11) is -2.74. The van der Waals surface area contributed by atoms with Crippen molar-refractivity contribution < 1.29 is 26.8 Å². The van der Waals surface area contributed by atoms with Crippen molar-refractivity contribution in [3.8, 4) is 0 Å². The molecule has 2 aromatic carbocycles. The number of ketones is 1. The Bertz CT molecular complexity index is 991. The quantitative estimate of drug-likeness (QED) is 0.712. The molecule has 0 bridgehead atoms. The Labute approximate surface area is 162 Å². The second-order valence-electron chi connectivity index (χ2n) is 6.30. The number of sulfonamides is 1. The van der Waals surface area contributed by atoms with Crippen LogP contribution < -0.4 is 5.32 Å². The summed E-state index contributed by atoms with van der Waals surface area (Å²) >= 11 is 0. The number of amides is 1. The van der Waals surface area contributed by atoms with Gasteiger partial charge in [0, 0.05) is 18.2 Å². The molecule has 1 amide bonds. The maximum atomic E-state index is 13.8. The Hall–Kier alpha value is -2.65. The molecule has 1 unspecified atom stereocenters. The van der Waals surface area contributed by atoms with Crippen LogP contribution in [0, 0.1) is 11.6 Å². The van der Waals surface area contributed by atoms with E-state index in [-0.39, 0.29) is 16.2 Å². The number of nitrogens with zero attached hydrogens (tertiary/aromatic N) is 1. The molecule has 150 valence electrons. The predicted molar refractivity (Wildman–Crippen MR) is 99.2 cm³/mol. The van der Waals surface area contributed by atoms with Crippen LogP contribution in [0.3, 0.4) is 0 Å². The smallest absolute Gasteiger partial charge is 0.243 e. The van der Waals surface area contributed by atoms with Gasteiger partial charge in [-0.1, -0.05) is 12.1 Å². The van der Waals surface area contributed by atoms with Crippen molar-refractivity contribution in [2.75, 3.05) is 13.6 Å². The summed E-state index contributed by atoms with van der Waals surface area (Å²) < 4.78 is 53.0. The highest BCUT2D eigenvalue weighted by Crippen LogP contribution is 2.19. The largest absolute Gasteiger partial charge is 0.348 e. The lowest BCUT2D eigenvalue weighted by atomic mass is 10.1. The topological polar surface area (TPSA) is 83.6 Å². The Morgan fingerprint density at radius 2 is 1.71 bits per heavy atom. The number of nitrogens with one attached hydrogen (secondary N) is 1. The first-order valence-electron chi connectivity index (χ1n) is 8.34. The number of halogens is 2. The van der Waals surface area contributed by atoms with E-state index < -0.39 is 40.2 Å². The van der Waals surface area contributed by atoms with E-state index in [1.54, 1.807) is 0 Å². The van der Waals surface area contributed by atoms with E-state index in [4.69, 9.17) is 0 Å². The van der Waals surface area contributed by atoms with Crippen molar-refractivity contribution in [2.24, 2.45) is 0 Å². The van der Waals surface area contributed by atoms with Gasteiger partial charge in [-0.25, -0.2) is 17.2 Å². The highest BCUT2D eigenvalue weighted by molar-refractivity contribution is 7.89. The van der Waals surface area contributed by atoms with Crippen LogP contribution in [-0.4, -0.2) is 38.0 Å². The first-order valence-corrected chi connectivity index (χ1v) is 9.78. The Balaban J connectivity index is 2.08. The van der Waals surface area contributed by atoms with E-state index in [2.05, 4.69) is 5.32 Å². The number of carbonyl (C=O) groups is 2. The minimum atomic E-state index is -3.96. The monoisotopic (exact) mass is 410 g/mol. The van der Waals surface area contributed by atoms with E-state index in [0.29, 0.717) is 5.56 Å². The first-order chi connectivity index (χ1) is 13.0. The average Bonchev–Trinajstić information content (AvgIpc) is 2.63. The highest BCUT2D eigenvalue weighted by atomic mass is 32.2. The van der Waals surface area contributed by atoms with Crippen molar-refractivity contribution in [2.45, 2.75) is 24.8 Å². The van der Waals surface area contributed by atoms with Crippen LogP contribution in [0.4, 0.5) is 8.78 Å². The van der Waals surface area contributed by atoms with E-state index >= 15 is 0 Å². The molecule has 28 heavy (non-hydrogen) atoms. The van der Waals surface area contributed by atoms with Crippen LogP contribution in [0.2, 0.25) is 0 Å². The lowest BCUT2D eigenvalue weighted by Gasteiger charge is -2.20. The summed E-state index contributed by atoms with van der Waals surface area (Å²) in [5.74, 6) is -2.20. The van der Waals surface area contributed by atoms with Gasteiger partial charge >= 0.3 is 0 Å². The second kappa shape index (κ2) is 8.57. The van der Waals surface area contributed by atoms with Gasteiger partial charge in [0.05, 0.1) is 17.5 Å². The maximum Gasteiger partial charge on any atom is 0.243 e. The van der Waals surface area contributed by atoms with Gasteiger partial charge in [0.2, 0.25) is 15.9 Å². The summed E-state index contributed by atoms with van der Waals surface area (Å²) in [6.07, 6.45) is 0. The van der Waals surface area contributed by atoms with Gasteiger partial charge in [0.25, 0.3) is 0 Å². The zero-order valence-corrected chi connectivity index (χ0v) is 16.4. The third-order valence-corrected chi connectivity index (χ3v) is 5.95. The van der Waals surface area contributed by atoms with Gasteiger partial charge in [-0.2, -0.15) is 4.31 Å². The molecule has 0 aliphatic rings. The normalized spacial score (nSPS) is 12.6. The molecule has 1 atom stereocenters. The molecule has 0 spiro atoms. The fourth-order valence-electron chi connectivity index (χ4n) is 2.54. The molecule has 0 heterocycles. The summed E-state index contributed by atoms with van der Waals surface area (Å²) in [6.45, 7) is 2.31. The summed E-state index contributed by atoms with van der Waals surface area (Å²) in [5, 5.41) is 2.45. The third-order valence-electron chi connectivity index (χ3n) is 4.14. The summed E-state index contributed by atoms with van der Waals surface area (Å²) in [5.41, 5.74) is 0.323. The van der Waals surface area contributed by atoms with Crippen LogP contribution in [0.15, 0.2) is 47.4 Å². The Morgan fingerprint density at radius 1 is 1.11 bits per heavy atom. The van der Waals surface area contributed by atoms with Gasteiger partial charge in [-0.05, 0) is 44.2 Å². The number of likely N-dealkylation sites (N-methyl/N-ethyl adjacent to an activating group) is 1. The molecule has 0 radical (unpaired) electrons. The molecule has 0 fully saturated rings. The van der Waals surface area contributed by atoms with Crippen LogP contribution in [0.25, 0.3) is 0 Å². The number of hydrogen-bond acceptors (Lipinski definition) is 4. The van der Waals surface area contributed by atoms with E-state index in [1.807, 2.05) is 0 Å². The molecule has 9 heteroatoms. The van der Waals surface area contributed by atoms with Crippen molar-refractivity contribution in [3.63, 3.8) is 0 Å². The molecule has 0 aromatic heterocycles. The minimum Gasteiger partial charge on any atom is -0.348 e. The van der Waals surface area contributed by atoms with E-state index in [1.165, 1.54) is 45.2 Å². The standard InChI is InChI=1S/C19H20F2N2O4S/c1-12(17-10-15(20)6-9-18(17)21)22-19(25)11-23(3)28(26,27)16-7-4-14(5-8-16)13(2)24/h4-10,12H,11H2,1-3H3,(H,22,25). The van der Waals surface area contributed by atoms with Crippen LogP contribution in [0.5, 0.6) is 0 Å². The zero-order valence-electron chi connectivity index (χ0n) is 15.6. The van der Waals surface area contributed by atoms with Gasteiger partial charge in [0.1, 0.15) is 11.6 Å². The van der Waals surface area contributed by atoms with E-state index in [9.17, 15) is 26.8 Å². The number of carbonyl (C=O) groups excluding carboxylic acids is 2. The van der Waals surface area contributed by atoms with Gasteiger partial charge in [0.15, 0.2) is 5.78 Å². The average molecular weight is 410 g/mol. The Morgan fingerprint density at radius 3 is 2.29 bits per heavy atom. The third kappa shape index (κ3) is 4.99. The molecule has 2 aromatic rings. The number of rotatable bonds is 7. The van der Waals surface area contributed by atoms with Gasteiger partial charge in [-0.3, -0.25) is 9.59 Å². The SMILES string of the molecule is CC(=O)c1ccc(S(=O)(=O)N(C)CC(=O)NC(C)c2cc(F)ccc2F)cc1. The van der Waals surface area contributed by atoms with Crippen molar-refractivity contribution in [3.05, 3.63) is 65.2 Å².